The normalized spacial score (nSPS) is 11.0. The molecule has 1 aromatic carbocycles. The minimum Gasteiger partial charge on any atom is -0.344 e. The largest absolute Gasteiger partial charge is 0.344 e. The van der Waals surface area contributed by atoms with E-state index in [1.165, 1.54) is 115 Å². The molecule has 29 heavy (non-hydrogen) atoms. The third kappa shape index (κ3) is 19.2. The number of benzene rings is 1. The SMILES string of the molecule is CCCCCCCCCCCCCCCCCC(C)(C)Cc1ccccc1.Cl.N. The van der Waals surface area contributed by atoms with Crippen LogP contribution in [-0.4, -0.2) is 0 Å². The fourth-order valence-electron chi connectivity index (χ4n) is 4.21. The lowest BCUT2D eigenvalue weighted by atomic mass is 9.81. The third-order valence-electron chi connectivity index (χ3n) is 5.98. The van der Waals surface area contributed by atoms with Gasteiger partial charge >= 0.3 is 0 Å². The molecule has 1 nitrogen and oxygen atoms in total. The Morgan fingerprint density at radius 1 is 0.586 bits per heavy atom. The van der Waals surface area contributed by atoms with Crippen LogP contribution in [0.2, 0.25) is 0 Å². The Labute approximate surface area is 189 Å². The van der Waals surface area contributed by atoms with Gasteiger partial charge in [0.1, 0.15) is 0 Å². The molecule has 0 aliphatic rings. The summed E-state index contributed by atoms with van der Waals surface area (Å²) >= 11 is 0. The van der Waals surface area contributed by atoms with E-state index < -0.39 is 0 Å². The molecule has 0 heterocycles. The molecule has 0 aliphatic heterocycles. The third-order valence-corrected chi connectivity index (χ3v) is 5.98. The monoisotopic (exact) mass is 425 g/mol. The molecule has 1 aromatic rings. The van der Waals surface area contributed by atoms with Crippen LogP contribution >= 0.6 is 12.4 Å². The second-order valence-corrected chi connectivity index (χ2v) is 9.53. The summed E-state index contributed by atoms with van der Waals surface area (Å²) < 4.78 is 0. The molecule has 3 N–H and O–H groups in total. The number of unbranched alkanes of at least 4 members (excludes halogenated alkanes) is 14. The van der Waals surface area contributed by atoms with Crippen LogP contribution in [0.15, 0.2) is 30.3 Å². The highest BCUT2D eigenvalue weighted by atomic mass is 35.5. The van der Waals surface area contributed by atoms with Crippen LogP contribution < -0.4 is 6.15 Å². The Bertz CT molecular complexity index is 429. The van der Waals surface area contributed by atoms with Crippen molar-refractivity contribution < 1.29 is 0 Å². The van der Waals surface area contributed by atoms with E-state index >= 15 is 0 Å². The van der Waals surface area contributed by atoms with E-state index in [2.05, 4.69) is 51.1 Å². The van der Waals surface area contributed by atoms with Gasteiger partial charge in [-0.25, -0.2) is 0 Å². The Kier molecular flexibility index (Phi) is 21.9. The number of halogens is 1. The minimum atomic E-state index is 0. The molecule has 0 radical (unpaired) electrons. The van der Waals surface area contributed by atoms with E-state index in [4.69, 9.17) is 0 Å². The highest BCUT2D eigenvalue weighted by Crippen LogP contribution is 2.28. The molecule has 0 atom stereocenters. The summed E-state index contributed by atoms with van der Waals surface area (Å²) in [5.74, 6) is 0. The van der Waals surface area contributed by atoms with Crippen LogP contribution in [0.3, 0.4) is 0 Å². The van der Waals surface area contributed by atoms with E-state index in [9.17, 15) is 0 Å². The molecule has 0 unspecified atom stereocenters. The number of hydrogen-bond acceptors (Lipinski definition) is 1. The number of hydrogen-bond donors (Lipinski definition) is 1. The van der Waals surface area contributed by atoms with Crippen molar-refractivity contribution in [2.24, 2.45) is 5.41 Å². The van der Waals surface area contributed by atoms with Crippen molar-refractivity contribution in [3.05, 3.63) is 35.9 Å². The maximum absolute atomic E-state index is 2.43. The predicted octanol–water partition coefficient (Wildman–Crippen LogP) is 10.1. The first kappa shape index (κ1) is 30.7. The fourth-order valence-corrected chi connectivity index (χ4v) is 4.21. The van der Waals surface area contributed by atoms with Gasteiger partial charge < -0.3 is 6.15 Å². The van der Waals surface area contributed by atoms with E-state index in [0.717, 1.165) is 0 Å². The molecule has 1 rings (SSSR count). The fraction of sp³-hybridized carbons (Fsp3) is 0.778. The maximum atomic E-state index is 2.43. The standard InChI is InChI=1S/C27H48.ClH.H3N/c1-4-5-6-7-8-9-10-11-12-13-14-15-16-17-21-24-27(2,3)25-26-22-19-18-20-23-26;;/h18-20,22-23H,4-17,21,24-25H2,1-3H3;1H;1H3. The lowest BCUT2D eigenvalue weighted by molar-refractivity contribution is 0.316. The Morgan fingerprint density at radius 3 is 1.38 bits per heavy atom. The molecule has 2 heteroatoms. The smallest absolute Gasteiger partial charge is 0.0227 e. The molecule has 0 bridgehead atoms. The molecule has 0 saturated carbocycles. The Hall–Kier alpha value is -0.530. The summed E-state index contributed by atoms with van der Waals surface area (Å²) in [6.07, 6.45) is 24.3. The van der Waals surface area contributed by atoms with Gasteiger partial charge in [0.15, 0.2) is 0 Å². The van der Waals surface area contributed by atoms with Crippen molar-refractivity contribution in [3.8, 4) is 0 Å². The van der Waals surface area contributed by atoms with Crippen molar-refractivity contribution in [2.45, 2.75) is 130 Å². The molecular formula is C27H52ClN. The van der Waals surface area contributed by atoms with Crippen molar-refractivity contribution in [2.75, 3.05) is 0 Å². The highest BCUT2D eigenvalue weighted by molar-refractivity contribution is 5.85. The van der Waals surface area contributed by atoms with Crippen LogP contribution in [-0.2, 0) is 6.42 Å². The van der Waals surface area contributed by atoms with Gasteiger partial charge in [-0.3, -0.25) is 0 Å². The molecule has 0 aromatic heterocycles. The van der Waals surface area contributed by atoms with E-state index in [1.807, 2.05) is 0 Å². The van der Waals surface area contributed by atoms with Crippen molar-refractivity contribution in [3.63, 3.8) is 0 Å². The quantitative estimate of drug-likeness (QED) is 0.233. The molecular weight excluding hydrogens is 374 g/mol. The summed E-state index contributed by atoms with van der Waals surface area (Å²) in [4.78, 5) is 0. The second-order valence-electron chi connectivity index (χ2n) is 9.53. The zero-order valence-electron chi connectivity index (χ0n) is 20.0. The van der Waals surface area contributed by atoms with Crippen LogP contribution in [0.25, 0.3) is 0 Å². The second kappa shape index (κ2) is 20.7. The van der Waals surface area contributed by atoms with Crippen molar-refractivity contribution in [1.82, 2.24) is 6.15 Å². The minimum absolute atomic E-state index is 0. The van der Waals surface area contributed by atoms with Gasteiger partial charge in [-0.1, -0.05) is 147 Å². The van der Waals surface area contributed by atoms with Crippen molar-refractivity contribution in [1.29, 1.82) is 0 Å². The summed E-state index contributed by atoms with van der Waals surface area (Å²) in [5, 5.41) is 0. The van der Waals surface area contributed by atoms with Gasteiger partial charge in [0.25, 0.3) is 0 Å². The Balaban J connectivity index is 0. The summed E-state index contributed by atoms with van der Waals surface area (Å²) in [5.41, 5.74) is 1.93. The zero-order chi connectivity index (χ0) is 19.6. The summed E-state index contributed by atoms with van der Waals surface area (Å²) in [6, 6.07) is 11.0. The predicted molar refractivity (Wildman–Crippen MR) is 136 cm³/mol. The first-order valence-corrected chi connectivity index (χ1v) is 12.2. The van der Waals surface area contributed by atoms with Gasteiger partial charge in [-0.15, -0.1) is 12.4 Å². The first-order chi connectivity index (χ1) is 13.1. The van der Waals surface area contributed by atoms with Gasteiger partial charge in [0, 0.05) is 0 Å². The lowest BCUT2D eigenvalue weighted by Crippen LogP contribution is -2.14. The zero-order valence-corrected chi connectivity index (χ0v) is 20.8. The highest BCUT2D eigenvalue weighted by Gasteiger charge is 2.17. The van der Waals surface area contributed by atoms with Crippen LogP contribution in [0.1, 0.15) is 129 Å². The molecule has 0 fully saturated rings. The van der Waals surface area contributed by atoms with Gasteiger partial charge in [0.05, 0.1) is 0 Å². The topological polar surface area (TPSA) is 35.0 Å². The first-order valence-electron chi connectivity index (χ1n) is 12.2. The van der Waals surface area contributed by atoms with Gasteiger partial charge in [-0.05, 0) is 23.8 Å². The summed E-state index contributed by atoms with van der Waals surface area (Å²) in [6.45, 7) is 7.17. The molecule has 0 amide bonds. The van der Waals surface area contributed by atoms with Gasteiger partial charge in [-0.2, -0.15) is 0 Å². The van der Waals surface area contributed by atoms with E-state index in [0.29, 0.717) is 5.41 Å². The lowest BCUT2D eigenvalue weighted by Gasteiger charge is -2.24. The van der Waals surface area contributed by atoms with Crippen LogP contribution in [0.5, 0.6) is 0 Å². The average molecular weight is 426 g/mol. The van der Waals surface area contributed by atoms with Crippen LogP contribution in [0.4, 0.5) is 0 Å². The molecule has 0 aliphatic carbocycles. The average Bonchev–Trinajstić information content (AvgIpc) is 2.65. The van der Waals surface area contributed by atoms with Crippen LogP contribution in [0, 0.1) is 5.41 Å². The summed E-state index contributed by atoms with van der Waals surface area (Å²) in [7, 11) is 0. The Morgan fingerprint density at radius 2 is 0.966 bits per heavy atom. The molecule has 172 valence electrons. The van der Waals surface area contributed by atoms with E-state index in [1.54, 1.807) is 0 Å². The molecule has 0 spiro atoms. The number of rotatable bonds is 18. The van der Waals surface area contributed by atoms with Crippen molar-refractivity contribution >= 4 is 12.4 Å². The molecule has 0 saturated heterocycles. The maximum Gasteiger partial charge on any atom is -0.0227 e. The van der Waals surface area contributed by atoms with E-state index in [-0.39, 0.29) is 18.6 Å². The van der Waals surface area contributed by atoms with Gasteiger partial charge in [0.2, 0.25) is 0 Å².